The summed E-state index contributed by atoms with van der Waals surface area (Å²) in [4.78, 5) is 20.9. The minimum atomic E-state index is -0.641. The molecule has 1 fully saturated rings. The Morgan fingerprint density at radius 1 is 1.23 bits per heavy atom. The molecule has 2 unspecified atom stereocenters. The van der Waals surface area contributed by atoms with E-state index in [2.05, 4.69) is 10.1 Å². The van der Waals surface area contributed by atoms with Gasteiger partial charge in [-0.25, -0.2) is 4.98 Å². The largest absolute Gasteiger partial charge is 0.493 e. The Kier molecular flexibility index (Phi) is 5.83. The molecule has 1 aliphatic rings. The number of halogens is 1. The summed E-state index contributed by atoms with van der Waals surface area (Å²) >= 11 is 0. The van der Waals surface area contributed by atoms with Crippen molar-refractivity contribution in [1.82, 2.24) is 19.8 Å². The van der Waals surface area contributed by atoms with Gasteiger partial charge < -0.3 is 14.4 Å². The molecule has 0 radical (unpaired) electrons. The van der Waals surface area contributed by atoms with Crippen molar-refractivity contribution in [2.24, 2.45) is 7.05 Å². The molecule has 1 aliphatic heterocycles. The van der Waals surface area contributed by atoms with Crippen molar-refractivity contribution in [3.8, 4) is 17.3 Å². The van der Waals surface area contributed by atoms with E-state index in [1.807, 2.05) is 38.4 Å². The van der Waals surface area contributed by atoms with Crippen LogP contribution in [-0.2, 0) is 7.05 Å². The predicted molar refractivity (Wildman–Crippen MR) is 110 cm³/mol. The highest BCUT2D eigenvalue weighted by Gasteiger charge is 2.33. The molecule has 0 N–H and O–H groups in total. The Bertz CT molecular complexity index is 1090. The number of methoxy groups -OCH3 is 1. The number of aromatic nitrogens is 4. The van der Waals surface area contributed by atoms with Crippen molar-refractivity contribution in [3.05, 3.63) is 60.3 Å². The highest BCUT2D eigenvalue weighted by molar-refractivity contribution is 5.97. The number of likely N-dealkylation sites (tertiary alicyclic amines) is 1. The van der Waals surface area contributed by atoms with E-state index < -0.39 is 5.82 Å². The fourth-order valence-corrected chi connectivity index (χ4v) is 3.81. The Balaban J connectivity index is 1.57. The van der Waals surface area contributed by atoms with Crippen LogP contribution in [0, 0.1) is 5.82 Å². The van der Waals surface area contributed by atoms with Crippen LogP contribution in [0.4, 0.5) is 4.39 Å². The summed E-state index contributed by atoms with van der Waals surface area (Å²) in [6.45, 7) is 2.34. The van der Waals surface area contributed by atoms with Gasteiger partial charge in [0, 0.05) is 23.4 Å². The van der Waals surface area contributed by atoms with E-state index in [1.165, 1.54) is 19.4 Å². The molecule has 1 saturated heterocycles. The molecule has 8 nitrogen and oxygen atoms in total. The van der Waals surface area contributed by atoms with Crippen LogP contribution in [0.25, 0.3) is 5.69 Å². The van der Waals surface area contributed by atoms with Gasteiger partial charge >= 0.3 is 0 Å². The number of rotatable bonds is 5. The van der Waals surface area contributed by atoms with Crippen molar-refractivity contribution in [1.29, 1.82) is 0 Å². The molecule has 2 aromatic heterocycles. The third-order valence-electron chi connectivity index (χ3n) is 5.53. The highest BCUT2D eigenvalue weighted by Crippen LogP contribution is 2.28. The van der Waals surface area contributed by atoms with Crippen molar-refractivity contribution < 1.29 is 23.3 Å². The van der Waals surface area contributed by atoms with Gasteiger partial charge in [-0.05, 0) is 36.7 Å². The Hall–Kier alpha value is -3.49. The van der Waals surface area contributed by atoms with Gasteiger partial charge in [0.2, 0.25) is 12.0 Å². The van der Waals surface area contributed by atoms with Gasteiger partial charge in [0.15, 0.2) is 11.9 Å². The summed E-state index contributed by atoms with van der Waals surface area (Å²) in [7, 11) is 3.25. The number of benzene rings is 1. The molecule has 0 bridgehead atoms. The quantitative estimate of drug-likeness (QED) is 0.586. The second-order valence-electron chi connectivity index (χ2n) is 7.55. The zero-order chi connectivity index (χ0) is 22.0. The Morgan fingerprint density at radius 3 is 2.77 bits per heavy atom. The molecule has 1 amide bonds. The fraction of sp³-hybridized carbons (Fsp3) is 0.364. The summed E-state index contributed by atoms with van der Waals surface area (Å²) in [6.07, 6.45) is 5.97. The van der Waals surface area contributed by atoms with Gasteiger partial charge in [-0.1, -0.05) is 12.1 Å². The number of nitrogens with zero attached hydrogens (tertiary/aromatic N) is 5. The average Bonchev–Trinajstić information content (AvgIpc) is 3.21. The van der Waals surface area contributed by atoms with Crippen LogP contribution >= 0.6 is 0 Å². The molecule has 3 aromatic rings. The van der Waals surface area contributed by atoms with Gasteiger partial charge in [0.1, 0.15) is 18.8 Å². The van der Waals surface area contributed by atoms with Crippen molar-refractivity contribution >= 4 is 5.91 Å². The molecule has 3 heterocycles. The van der Waals surface area contributed by atoms with Crippen LogP contribution in [0.3, 0.4) is 0 Å². The van der Waals surface area contributed by atoms with Crippen molar-refractivity contribution in [2.75, 3.05) is 13.7 Å². The molecule has 0 saturated carbocycles. The van der Waals surface area contributed by atoms with Crippen LogP contribution in [0.15, 0.2) is 48.9 Å². The van der Waals surface area contributed by atoms with Gasteiger partial charge in [0.05, 0.1) is 19.2 Å². The highest BCUT2D eigenvalue weighted by atomic mass is 19.1. The van der Waals surface area contributed by atoms with Crippen LogP contribution in [0.1, 0.15) is 30.1 Å². The van der Waals surface area contributed by atoms with E-state index >= 15 is 0 Å². The molecule has 4 rings (SSSR count). The zero-order valence-electron chi connectivity index (χ0n) is 17.7. The number of hydrogen-bond acceptors (Lipinski definition) is 5. The van der Waals surface area contributed by atoms with Crippen LogP contribution in [0.5, 0.6) is 11.6 Å². The summed E-state index contributed by atoms with van der Waals surface area (Å²) in [5.41, 5.74) is 1.23. The minimum absolute atomic E-state index is 0.0230. The first-order chi connectivity index (χ1) is 15.0. The predicted octanol–water partition coefficient (Wildman–Crippen LogP) is 2.31. The minimum Gasteiger partial charge on any atom is -0.493 e. The average molecular weight is 426 g/mol. The molecule has 0 spiro atoms. The van der Waals surface area contributed by atoms with Gasteiger partial charge in [-0.15, -0.1) is 0 Å². The lowest BCUT2D eigenvalue weighted by atomic mass is 9.99. The second kappa shape index (κ2) is 8.71. The number of aryl methyl sites for hydroxylation is 1. The zero-order valence-corrected chi connectivity index (χ0v) is 17.7. The van der Waals surface area contributed by atoms with E-state index in [-0.39, 0.29) is 29.7 Å². The van der Waals surface area contributed by atoms with E-state index in [0.29, 0.717) is 24.2 Å². The summed E-state index contributed by atoms with van der Waals surface area (Å²) in [6, 6.07) is 8.82. The van der Waals surface area contributed by atoms with Gasteiger partial charge in [-0.3, -0.25) is 4.79 Å². The number of piperidine rings is 1. The van der Waals surface area contributed by atoms with E-state index in [4.69, 9.17) is 9.47 Å². The van der Waals surface area contributed by atoms with Gasteiger partial charge in [0.25, 0.3) is 11.8 Å². The SMILES string of the molecule is COc1ccnc(OC2CCC(C)N(C(=O)c3ccccc3-n3ncc[n+]3C)C2)c1F. The van der Waals surface area contributed by atoms with Gasteiger partial charge in [-0.2, -0.15) is 9.07 Å². The number of amides is 1. The van der Waals surface area contributed by atoms with Crippen LogP contribution in [0.2, 0.25) is 0 Å². The monoisotopic (exact) mass is 426 g/mol. The molecule has 9 heteroatoms. The number of ether oxygens (including phenoxy) is 2. The first-order valence-corrected chi connectivity index (χ1v) is 10.1. The number of para-hydroxylation sites is 1. The van der Waals surface area contributed by atoms with E-state index in [9.17, 15) is 9.18 Å². The maximum absolute atomic E-state index is 14.5. The van der Waals surface area contributed by atoms with Crippen LogP contribution < -0.4 is 14.2 Å². The third kappa shape index (κ3) is 4.08. The molecule has 31 heavy (non-hydrogen) atoms. The molecule has 1 aromatic carbocycles. The Labute approximate surface area is 179 Å². The van der Waals surface area contributed by atoms with Crippen molar-refractivity contribution in [3.63, 3.8) is 0 Å². The van der Waals surface area contributed by atoms with Crippen molar-refractivity contribution in [2.45, 2.75) is 31.9 Å². The number of pyridine rings is 1. The smallest absolute Gasteiger partial charge is 0.256 e. The van der Waals surface area contributed by atoms with Crippen LogP contribution in [-0.4, -0.2) is 51.5 Å². The maximum Gasteiger partial charge on any atom is 0.256 e. The lowest BCUT2D eigenvalue weighted by molar-refractivity contribution is -0.748. The number of hydrogen-bond donors (Lipinski definition) is 0. The molecule has 162 valence electrons. The molecule has 2 atom stereocenters. The molecular weight excluding hydrogens is 401 g/mol. The van der Waals surface area contributed by atoms with E-state index in [0.717, 1.165) is 6.42 Å². The summed E-state index contributed by atoms with van der Waals surface area (Å²) in [5.74, 6) is -0.803. The lowest BCUT2D eigenvalue weighted by Gasteiger charge is -2.38. The second-order valence-corrected chi connectivity index (χ2v) is 7.55. The Morgan fingerprint density at radius 2 is 2.03 bits per heavy atom. The normalized spacial score (nSPS) is 18.6. The standard InChI is InChI=1S/C22H25FN5O3/c1-15-8-9-16(31-21-20(23)19(30-3)10-11-24-21)14-27(15)22(29)17-6-4-5-7-18(17)28-25-12-13-26(28)2/h4-7,10-13,15-16H,8-9,14H2,1-3H3/q+1. The first kappa shape index (κ1) is 20.8. The fourth-order valence-electron chi connectivity index (χ4n) is 3.81. The first-order valence-electron chi connectivity index (χ1n) is 10.1. The molecular formula is C22H25FN5O3+. The maximum atomic E-state index is 14.5. The summed E-state index contributed by atoms with van der Waals surface area (Å²) < 4.78 is 27.1. The topological polar surface area (TPSA) is 73.4 Å². The number of carbonyl (C=O) groups is 1. The summed E-state index contributed by atoms with van der Waals surface area (Å²) in [5, 5.41) is 4.31. The number of carbonyl (C=O) groups excluding carboxylic acids is 1. The molecule has 0 aliphatic carbocycles. The van der Waals surface area contributed by atoms with E-state index in [1.54, 1.807) is 26.6 Å². The third-order valence-corrected chi connectivity index (χ3v) is 5.53. The lowest BCUT2D eigenvalue weighted by Crippen LogP contribution is -2.49.